The van der Waals surface area contributed by atoms with Gasteiger partial charge in [0.25, 0.3) is 0 Å². The predicted molar refractivity (Wildman–Crippen MR) is 70.0 cm³/mol. The van der Waals surface area contributed by atoms with Gasteiger partial charge in [-0.1, -0.05) is 20.8 Å². The normalized spacial score (nSPS) is 29.4. The summed E-state index contributed by atoms with van der Waals surface area (Å²) < 4.78 is 2.01. The maximum atomic E-state index is 10.7. The third-order valence-electron chi connectivity index (χ3n) is 4.41. The molecule has 2 heterocycles. The molecule has 2 atom stereocenters. The van der Waals surface area contributed by atoms with Crippen molar-refractivity contribution in [1.29, 1.82) is 0 Å². The number of hydrogen-bond acceptors (Lipinski definition) is 4. The van der Waals surface area contributed by atoms with E-state index in [1.807, 2.05) is 18.5 Å². The molecule has 0 aliphatic carbocycles. The van der Waals surface area contributed by atoms with Crippen molar-refractivity contribution in [3.63, 3.8) is 0 Å². The molecule has 1 aliphatic rings. The predicted octanol–water partition coefficient (Wildman–Crippen LogP) is 0.962. The second-order valence-electron chi connectivity index (χ2n) is 5.94. The minimum absolute atomic E-state index is 0.277. The van der Waals surface area contributed by atoms with Crippen molar-refractivity contribution in [1.82, 2.24) is 19.7 Å². The fraction of sp³-hybridized carbons (Fsp3) is 0.846. The van der Waals surface area contributed by atoms with Crippen LogP contribution in [0.5, 0.6) is 0 Å². The maximum absolute atomic E-state index is 10.7. The van der Waals surface area contributed by atoms with Crippen molar-refractivity contribution >= 4 is 0 Å². The van der Waals surface area contributed by atoms with Crippen LogP contribution in [0.15, 0.2) is 0 Å². The first kappa shape index (κ1) is 13.5. The number of β-amino-alcohol motifs (C(OH)–C–C–N with tert-alkyl or cyclic N) is 1. The topological polar surface area (TPSA) is 54.2 Å². The molecule has 1 aliphatic heterocycles. The second-order valence-corrected chi connectivity index (χ2v) is 5.94. The van der Waals surface area contributed by atoms with Crippen molar-refractivity contribution in [2.45, 2.75) is 39.8 Å². The first-order valence-corrected chi connectivity index (χ1v) is 6.64. The molecule has 1 aromatic rings. The molecule has 0 spiro atoms. The molecule has 102 valence electrons. The number of nitrogens with zero attached hydrogens (tertiary/aromatic N) is 4. The molecule has 0 radical (unpaired) electrons. The van der Waals surface area contributed by atoms with E-state index in [-0.39, 0.29) is 5.92 Å². The minimum atomic E-state index is -0.576. The van der Waals surface area contributed by atoms with Gasteiger partial charge in [-0.25, -0.2) is 0 Å². The lowest BCUT2D eigenvalue weighted by Gasteiger charge is -2.31. The molecule has 0 aromatic carbocycles. The highest BCUT2D eigenvalue weighted by Gasteiger charge is 2.44. The van der Waals surface area contributed by atoms with Gasteiger partial charge in [0.2, 0.25) is 0 Å². The Hall–Kier alpha value is -0.940. The molecule has 18 heavy (non-hydrogen) atoms. The summed E-state index contributed by atoms with van der Waals surface area (Å²) in [6.07, 6.45) is 0. The van der Waals surface area contributed by atoms with Crippen LogP contribution >= 0.6 is 0 Å². The molecular weight excluding hydrogens is 228 g/mol. The van der Waals surface area contributed by atoms with Crippen LogP contribution in [0.25, 0.3) is 0 Å². The Balaban J connectivity index is 2.08. The summed E-state index contributed by atoms with van der Waals surface area (Å²) in [6, 6.07) is 0. The van der Waals surface area contributed by atoms with Gasteiger partial charge in [-0.2, -0.15) is 0 Å². The fourth-order valence-corrected chi connectivity index (χ4v) is 2.78. The van der Waals surface area contributed by atoms with Crippen LogP contribution in [0.3, 0.4) is 0 Å². The van der Waals surface area contributed by atoms with Crippen LogP contribution in [0.2, 0.25) is 0 Å². The van der Waals surface area contributed by atoms with Crippen molar-refractivity contribution in [2.24, 2.45) is 18.9 Å². The van der Waals surface area contributed by atoms with Crippen LogP contribution in [0.4, 0.5) is 0 Å². The molecule has 1 N–H and O–H groups in total. The molecule has 2 rings (SSSR count). The van der Waals surface area contributed by atoms with Gasteiger partial charge in [0.1, 0.15) is 11.6 Å². The van der Waals surface area contributed by atoms with E-state index in [9.17, 15) is 5.11 Å². The maximum Gasteiger partial charge on any atom is 0.146 e. The first-order chi connectivity index (χ1) is 8.34. The summed E-state index contributed by atoms with van der Waals surface area (Å²) in [5.74, 6) is 2.47. The van der Waals surface area contributed by atoms with Gasteiger partial charge in [-0.3, -0.25) is 4.90 Å². The van der Waals surface area contributed by atoms with Gasteiger partial charge >= 0.3 is 0 Å². The number of aliphatic hydroxyl groups is 1. The quantitative estimate of drug-likeness (QED) is 0.870. The molecule has 1 aromatic heterocycles. The summed E-state index contributed by atoms with van der Waals surface area (Å²) in [4.78, 5) is 2.27. The number of aromatic nitrogens is 3. The summed E-state index contributed by atoms with van der Waals surface area (Å²) >= 11 is 0. The molecule has 5 nitrogen and oxygen atoms in total. The van der Waals surface area contributed by atoms with Gasteiger partial charge in [0.05, 0.1) is 12.1 Å². The van der Waals surface area contributed by atoms with E-state index < -0.39 is 5.60 Å². The third kappa shape index (κ3) is 2.17. The second kappa shape index (κ2) is 4.63. The summed E-state index contributed by atoms with van der Waals surface area (Å²) in [5.41, 5.74) is -0.576. The van der Waals surface area contributed by atoms with Crippen LogP contribution < -0.4 is 0 Å². The zero-order valence-electron chi connectivity index (χ0n) is 12.0. The van der Waals surface area contributed by atoms with Crippen LogP contribution in [-0.4, -0.2) is 43.5 Å². The Kier molecular flexibility index (Phi) is 3.47. The van der Waals surface area contributed by atoms with E-state index in [1.165, 1.54) is 0 Å². The minimum Gasteiger partial charge on any atom is -0.388 e. The Labute approximate surface area is 109 Å². The van der Waals surface area contributed by atoms with Gasteiger partial charge < -0.3 is 9.67 Å². The first-order valence-electron chi connectivity index (χ1n) is 6.64. The number of hydrogen-bond donors (Lipinski definition) is 1. The summed E-state index contributed by atoms with van der Waals surface area (Å²) in [5, 5.41) is 18.9. The van der Waals surface area contributed by atoms with E-state index in [0.717, 1.165) is 31.3 Å². The number of likely N-dealkylation sites (tertiary alicyclic amines) is 1. The van der Waals surface area contributed by atoms with Gasteiger partial charge in [-0.15, -0.1) is 10.2 Å². The number of aryl methyl sites for hydroxylation is 1. The molecule has 0 amide bonds. The van der Waals surface area contributed by atoms with Crippen LogP contribution in [-0.2, 0) is 13.6 Å². The van der Waals surface area contributed by atoms with Crippen LogP contribution in [0, 0.1) is 18.8 Å². The number of rotatable bonds is 3. The summed E-state index contributed by atoms with van der Waals surface area (Å²) in [6.45, 7) is 10.7. The molecule has 1 saturated heterocycles. The largest absolute Gasteiger partial charge is 0.388 e. The zero-order chi connectivity index (χ0) is 13.5. The fourth-order valence-electron chi connectivity index (χ4n) is 2.78. The van der Waals surface area contributed by atoms with Crippen molar-refractivity contribution < 1.29 is 5.11 Å². The average molecular weight is 252 g/mol. The molecule has 0 saturated carbocycles. The van der Waals surface area contributed by atoms with E-state index in [2.05, 4.69) is 35.9 Å². The van der Waals surface area contributed by atoms with Gasteiger partial charge in [0.15, 0.2) is 0 Å². The van der Waals surface area contributed by atoms with E-state index in [1.54, 1.807) is 0 Å². The van der Waals surface area contributed by atoms with E-state index in [4.69, 9.17) is 0 Å². The smallest absolute Gasteiger partial charge is 0.146 e. The zero-order valence-corrected chi connectivity index (χ0v) is 12.0. The van der Waals surface area contributed by atoms with E-state index >= 15 is 0 Å². The molecule has 0 bridgehead atoms. The van der Waals surface area contributed by atoms with Gasteiger partial charge in [-0.05, 0) is 18.8 Å². The average Bonchev–Trinajstić information content (AvgIpc) is 2.75. The highest BCUT2D eigenvalue weighted by Crippen LogP contribution is 2.34. The Morgan fingerprint density at radius 3 is 2.56 bits per heavy atom. The Morgan fingerprint density at radius 2 is 2.11 bits per heavy atom. The van der Waals surface area contributed by atoms with Crippen molar-refractivity contribution in [3.8, 4) is 0 Å². The lowest BCUT2D eigenvalue weighted by Crippen LogP contribution is -2.42. The lowest BCUT2D eigenvalue weighted by atomic mass is 9.82. The van der Waals surface area contributed by atoms with E-state index in [0.29, 0.717) is 5.92 Å². The molecule has 0 unspecified atom stereocenters. The standard InChI is InChI=1S/C13H24N4O/c1-9(2)13(18)8-17(6-10(13)3)7-12-15-14-11(4)16(12)5/h9-10,18H,6-8H2,1-5H3/t10-,13-/m1/s1. The Bertz CT molecular complexity index is 429. The monoisotopic (exact) mass is 252 g/mol. The molecule has 5 heteroatoms. The Morgan fingerprint density at radius 1 is 1.44 bits per heavy atom. The summed E-state index contributed by atoms with van der Waals surface area (Å²) in [7, 11) is 1.98. The van der Waals surface area contributed by atoms with Crippen LogP contribution in [0.1, 0.15) is 32.4 Å². The highest BCUT2D eigenvalue weighted by atomic mass is 16.3. The molecule has 1 fully saturated rings. The SMILES string of the molecule is Cc1nnc(CN2C[C@@H](C)[C@](O)(C(C)C)C2)n1C. The highest BCUT2D eigenvalue weighted by molar-refractivity contribution is 5.00. The lowest BCUT2D eigenvalue weighted by molar-refractivity contribution is -0.0256. The van der Waals surface area contributed by atoms with Crippen molar-refractivity contribution in [3.05, 3.63) is 11.6 Å². The van der Waals surface area contributed by atoms with Crippen molar-refractivity contribution in [2.75, 3.05) is 13.1 Å². The van der Waals surface area contributed by atoms with Gasteiger partial charge in [0, 0.05) is 20.1 Å². The molecular formula is C13H24N4O. The third-order valence-corrected chi connectivity index (χ3v) is 4.41.